The van der Waals surface area contributed by atoms with Crippen LogP contribution in [0.4, 0.5) is 24.5 Å². The van der Waals surface area contributed by atoms with Crippen molar-refractivity contribution in [3.05, 3.63) is 83.4 Å². The first-order chi connectivity index (χ1) is 13.3. The predicted molar refractivity (Wildman–Crippen MR) is 105 cm³/mol. The Morgan fingerprint density at radius 2 is 1.57 bits per heavy atom. The van der Waals surface area contributed by atoms with Gasteiger partial charge in [0, 0.05) is 16.3 Å². The summed E-state index contributed by atoms with van der Waals surface area (Å²) in [6.07, 6.45) is -4.62. The lowest BCUT2D eigenvalue weighted by Gasteiger charge is -2.15. The van der Waals surface area contributed by atoms with Crippen LogP contribution in [-0.4, -0.2) is 12.5 Å². The molecule has 2 N–H and O–H groups in total. The van der Waals surface area contributed by atoms with Gasteiger partial charge >= 0.3 is 6.18 Å². The maximum Gasteiger partial charge on any atom is 0.418 e. The van der Waals surface area contributed by atoms with E-state index in [9.17, 15) is 18.0 Å². The quantitative estimate of drug-likeness (QED) is 0.541. The highest BCUT2D eigenvalue weighted by Gasteiger charge is 2.34. The number of halogens is 4. The van der Waals surface area contributed by atoms with Gasteiger partial charge in [-0.2, -0.15) is 13.2 Å². The highest BCUT2D eigenvalue weighted by Crippen LogP contribution is 2.36. The normalized spacial score (nSPS) is 11.1. The molecule has 0 aliphatic rings. The minimum absolute atomic E-state index is 0.0553. The van der Waals surface area contributed by atoms with E-state index in [1.54, 1.807) is 6.07 Å². The summed E-state index contributed by atoms with van der Waals surface area (Å²) < 4.78 is 39.4. The molecule has 3 aromatic carbocycles. The first kappa shape index (κ1) is 19.8. The molecule has 0 atom stereocenters. The van der Waals surface area contributed by atoms with E-state index in [2.05, 4.69) is 10.6 Å². The van der Waals surface area contributed by atoms with Gasteiger partial charge in [0.05, 0.1) is 17.8 Å². The molecule has 3 nitrogen and oxygen atoms in total. The van der Waals surface area contributed by atoms with Crippen molar-refractivity contribution in [1.29, 1.82) is 0 Å². The van der Waals surface area contributed by atoms with Gasteiger partial charge < -0.3 is 10.6 Å². The first-order valence-corrected chi connectivity index (χ1v) is 8.77. The summed E-state index contributed by atoms with van der Waals surface area (Å²) in [6.45, 7) is -0.191. The summed E-state index contributed by atoms with van der Waals surface area (Å²) in [6, 6.07) is 20.2. The lowest BCUT2D eigenvalue weighted by Crippen LogP contribution is -2.23. The molecular weight excluding hydrogens is 389 g/mol. The van der Waals surface area contributed by atoms with E-state index >= 15 is 0 Å². The summed E-state index contributed by atoms with van der Waals surface area (Å²) >= 11 is 5.65. The van der Waals surface area contributed by atoms with E-state index in [-0.39, 0.29) is 17.3 Å². The van der Waals surface area contributed by atoms with Crippen LogP contribution in [0.1, 0.15) is 5.56 Å². The third kappa shape index (κ3) is 4.84. The molecule has 0 aromatic heterocycles. The van der Waals surface area contributed by atoms with E-state index < -0.39 is 17.6 Å². The molecule has 3 rings (SSSR count). The molecule has 1 amide bonds. The van der Waals surface area contributed by atoms with Gasteiger partial charge in [0.1, 0.15) is 0 Å². The number of carbonyl (C=O) groups is 1. The second-order valence-corrected chi connectivity index (χ2v) is 6.44. The van der Waals surface area contributed by atoms with Crippen LogP contribution in [0.25, 0.3) is 11.1 Å². The van der Waals surface area contributed by atoms with Crippen molar-refractivity contribution in [3.8, 4) is 11.1 Å². The van der Waals surface area contributed by atoms with Crippen LogP contribution < -0.4 is 10.6 Å². The zero-order valence-corrected chi connectivity index (χ0v) is 15.3. The fraction of sp³-hybridized carbons (Fsp3) is 0.0952. The molecule has 0 bridgehead atoms. The number of hydrogen-bond acceptors (Lipinski definition) is 2. The SMILES string of the molecule is O=C(CNc1ccccc1-c1ccccc1)Nc1ccc(Cl)cc1C(F)(F)F. The minimum atomic E-state index is -4.62. The van der Waals surface area contributed by atoms with Crippen molar-refractivity contribution in [3.63, 3.8) is 0 Å². The van der Waals surface area contributed by atoms with Gasteiger partial charge in [0.25, 0.3) is 0 Å². The summed E-state index contributed by atoms with van der Waals surface area (Å²) in [5.74, 6) is -0.601. The van der Waals surface area contributed by atoms with Crippen LogP contribution in [0.15, 0.2) is 72.8 Å². The fourth-order valence-electron chi connectivity index (χ4n) is 2.74. The summed E-state index contributed by atoms with van der Waals surface area (Å²) in [5, 5.41) is 5.22. The van der Waals surface area contributed by atoms with Gasteiger partial charge in [-0.25, -0.2) is 0 Å². The number of amides is 1. The van der Waals surface area contributed by atoms with E-state index in [0.717, 1.165) is 23.3 Å². The van der Waals surface area contributed by atoms with Gasteiger partial charge in [0.2, 0.25) is 5.91 Å². The fourth-order valence-corrected chi connectivity index (χ4v) is 2.91. The zero-order valence-electron chi connectivity index (χ0n) is 14.6. The van der Waals surface area contributed by atoms with E-state index in [1.165, 1.54) is 6.07 Å². The molecule has 0 aliphatic heterocycles. The van der Waals surface area contributed by atoms with Gasteiger partial charge in [-0.15, -0.1) is 0 Å². The highest BCUT2D eigenvalue weighted by atomic mass is 35.5. The van der Waals surface area contributed by atoms with Gasteiger partial charge in [0.15, 0.2) is 0 Å². The van der Waals surface area contributed by atoms with Gasteiger partial charge in [-0.1, -0.05) is 60.1 Å². The number of rotatable bonds is 5. The minimum Gasteiger partial charge on any atom is -0.376 e. The number of benzene rings is 3. The Balaban J connectivity index is 1.73. The predicted octanol–water partition coefficient (Wildman–Crippen LogP) is 6.08. The molecule has 0 heterocycles. The molecule has 0 radical (unpaired) electrons. The highest BCUT2D eigenvalue weighted by molar-refractivity contribution is 6.30. The van der Waals surface area contributed by atoms with Crippen LogP contribution in [0.2, 0.25) is 5.02 Å². The summed E-state index contributed by atoms with van der Waals surface area (Å²) in [5.41, 5.74) is 1.23. The lowest BCUT2D eigenvalue weighted by atomic mass is 10.0. The molecule has 28 heavy (non-hydrogen) atoms. The number of para-hydroxylation sites is 1. The Morgan fingerprint density at radius 1 is 0.893 bits per heavy atom. The second kappa shape index (κ2) is 8.35. The van der Waals surface area contributed by atoms with E-state index in [0.29, 0.717) is 5.69 Å². The Labute approximate surface area is 165 Å². The van der Waals surface area contributed by atoms with Crippen molar-refractivity contribution >= 4 is 28.9 Å². The summed E-state index contributed by atoms with van der Waals surface area (Å²) in [7, 11) is 0. The maximum atomic E-state index is 13.1. The molecule has 3 aromatic rings. The molecule has 0 spiro atoms. The van der Waals surface area contributed by atoms with Crippen LogP contribution >= 0.6 is 11.6 Å². The molecule has 7 heteroatoms. The van der Waals surface area contributed by atoms with E-state index in [1.807, 2.05) is 48.5 Å². The molecule has 0 saturated heterocycles. The smallest absolute Gasteiger partial charge is 0.376 e. The number of nitrogens with one attached hydrogen (secondary N) is 2. The van der Waals surface area contributed by atoms with Crippen LogP contribution in [0, 0.1) is 0 Å². The molecule has 0 fully saturated rings. The molecule has 0 unspecified atom stereocenters. The number of carbonyl (C=O) groups excluding carboxylic acids is 1. The standard InChI is InChI=1S/C21H16ClF3N2O/c22-15-10-11-19(17(12-15)21(23,24)25)27-20(28)13-26-18-9-5-4-8-16(18)14-6-2-1-3-7-14/h1-12,26H,13H2,(H,27,28). The van der Waals surface area contributed by atoms with Gasteiger partial charge in [-0.05, 0) is 29.8 Å². The van der Waals surface area contributed by atoms with Crippen molar-refractivity contribution in [1.82, 2.24) is 0 Å². The Bertz CT molecular complexity index is 975. The molecule has 0 aliphatic carbocycles. The average molecular weight is 405 g/mol. The monoisotopic (exact) mass is 404 g/mol. The third-order valence-corrected chi connectivity index (χ3v) is 4.25. The first-order valence-electron chi connectivity index (χ1n) is 8.39. The molecular formula is C21H16ClF3N2O. The topological polar surface area (TPSA) is 41.1 Å². The van der Waals surface area contributed by atoms with Crippen molar-refractivity contribution in [2.45, 2.75) is 6.18 Å². The Kier molecular flexibility index (Phi) is 5.90. The second-order valence-electron chi connectivity index (χ2n) is 6.00. The Hall–Kier alpha value is -2.99. The number of hydrogen-bond donors (Lipinski definition) is 2. The van der Waals surface area contributed by atoms with Crippen LogP contribution in [0.3, 0.4) is 0 Å². The zero-order chi connectivity index (χ0) is 20.1. The van der Waals surface area contributed by atoms with Crippen LogP contribution in [-0.2, 0) is 11.0 Å². The van der Waals surface area contributed by atoms with Crippen molar-refractivity contribution in [2.75, 3.05) is 17.2 Å². The lowest BCUT2D eigenvalue weighted by molar-refractivity contribution is -0.137. The molecule has 0 saturated carbocycles. The maximum absolute atomic E-state index is 13.1. The van der Waals surface area contributed by atoms with Crippen molar-refractivity contribution < 1.29 is 18.0 Å². The number of alkyl halides is 3. The van der Waals surface area contributed by atoms with Crippen molar-refractivity contribution in [2.24, 2.45) is 0 Å². The van der Waals surface area contributed by atoms with Crippen LogP contribution in [0.5, 0.6) is 0 Å². The largest absolute Gasteiger partial charge is 0.418 e. The van der Waals surface area contributed by atoms with Gasteiger partial charge in [-0.3, -0.25) is 4.79 Å². The third-order valence-electron chi connectivity index (χ3n) is 4.01. The molecule has 144 valence electrons. The van der Waals surface area contributed by atoms with E-state index in [4.69, 9.17) is 11.6 Å². The number of anilines is 2. The Morgan fingerprint density at radius 3 is 2.29 bits per heavy atom. The average Bonchev–Trinajstić information content (AvgIpc) is 2.68. The summed E-state index contributed by atoms with van der Waals surface area (Å²) in [4.78, 5) is 12.2.